The van der Waals surface area contributed by atoms with Crippen LogP contribution in [0, 0.1) is 13.8 Å². The minimum Gasteiger partial charge on any atom is -0.459 e. The lowest BCUT2D eigenvalue weighted by atomic mass is 10.1. The molecule has 2 heteroatoms. The predicted molar refractivity (Wildman–Crippen MR) is 51.7 cm³/mol. The second-order valence-electron chi connectivity index (χ2n) is 3.71. The van der Waals surface area contributed by atoms with Crippen LogP contribution in [0.25, 0.3) is 0 Å². The van der Waals surface area contributed by atoms with Crippen LogP contribution in [0.15, 0.2) is 18.2 Å². The summed E-state index contributed by atoms with van der Waals surface area (Å²) >= 11 is 0. The van der Waals surface area contributed by atoms with Crippen LogP contribution in [-0.2, 0) is 0 Å². The second-order valence-corrected chi connectivity index (χ2v) is 3.71. The lowest BCUT2D eigenvalue weighted by molar-refractivity contribution is -0.0257. The third kappa shape index (κ3) is 3.05. The van der Waals surface area contributed by atoms with Crippen molar-refractivity contribution in [3.63, 3.8) is 0 Å². The van der Waals surface area contributed by atoms with E-state index >= 15 is 0 Å². The maximum atomic E-state index is 13.1. The molecule has 0 bridgehead atoms. The maximum absolute atomic E-state index is 13.1. The Labute approximate surface area is 78.5 Å². The van der Waals surface area contributed by atoms with Gasteiger partial charge in [-0.2, -0.15) is 4.39 Å². The molecule has 0 atom stereocenters. The molecule has 0 saturated carbocycles. The van der Waals surface area contributed by atoms with Gasteiger partial charge in [-0.05, 0) is 37.1 Å². The summed E-state index contributed by atoms with van der Waals surface area (Å²) in [5.74, 6) is -1.03. The number of alkyl halides is 1. The Balaban J connectivity index is 2.86. The van der Waals surface area contributed by atoms with E-state index in [1.807, 2.05) is 26.0 Å². The summed E-state index contributed by atoms with van der Waals surface area (Å²) in [6.07, 6.45) is 0. The van der Waals surface area contributed by atoms with Crippen molar-refractivity contribution in [2.24, 2.45) is 0 Å². The summed E-state index contributed by atoms with van der Waals surface area (Å²) in [6.45, 7) is 6.78. The molecule has 1 aromatic carbocycles. The van der Waals surface area contributed by atoms with Crippen molar-refractivity contribution in [1.82, 2.24) is 0 Å². The van der Waals surface area contributed by atoms with Crippen LogP contribution < -0.4 is 4.74 Å². The first-order valence-corrected chi connectivity index (χ1v) is 4.34. The molecule has 0 aromatic heterocycles. The molecule has 0 unspecified atom stereocenters. The molecule has 0 fully saturated rings. The molecule has 0 aliphatic rings. The Morgan fingerprint density at radius 2 is 1.77 bits per heavy atom. The third-order valence-electron chi connectivity index (χ3n) is 1.84. The molecule has 0 N–H and O–H groups in total. The predicted octanol–water partition coefficient (Wildman–Crippen LogP) is 3.39. The highest BCUT2D eigenvalue weighted by Gasteiger charge is 2.16. The van der Waals surface area contributed by atoms with Gasteiger partial charge in [0.05, 0.1) is 0 Å². The lowest BCUT2D eigenvalue weighted by Gasteiger charge is -2.17. The van der Waals surface area contributed by atoms with Crippen LogP contribution in [0.3, 0.4) is 0 Å². The average molecular weight is 182 g/mol. The number of halogens is 1. The first-order chi connectivity index (χ1) is 5.88. The van der Waals surface area contributed by atoms with Gasteiger partial charge >= 0.3 is 0 Å². The van der Waals surface area contributed by atoms with Crippen molar-refractivity contribution in [3.05, 3.63) is 29.3 Å². The molecular weight excluding hydrogens is 167 g/mol. The van der Waals surface area contributed by atoms with E-state index < -0.39 is 5.85 Å². The van der Waals surface area contributed by atoms with E-state index in [2.05, 4.69) is 0 Å². The van der Waals surface area contributed by atoms with Crippen molar-refractivity contribution < 1.29 is 9.13 Å². The summed E-state index contributed by atoms with van der Waals surface area (Å²) in [7, 11) is 0. The monoisotopic (exact) mass is 182 g/mol. The van der Waals surface area contributed by atoms with Gasteiger partial charge in [0, 0.05) is 13.8 Å². The SMILES string of the molecule is Cc1ccc(OC(C)(C)F)cc1C. The Kier molecular flexibility index (Phi) is 2.60. The highest BCUT2D eigenvalue weighted by atomic mass is 19.2. The summed E-state index contributed by atoms with van der Waals surface area (Å²) in [5, 5.41) is 0. The first kappa shape index (κ1) is 10.0. The minimum absolute atomic E-state index is 0.579. The third-order valence-corrected chi connectivity index (χ3v) is 1.84. The smallest absolute Gasteiger partial charge is 0.242 e. The van der Waals surface area contributed by atoms with Crippen LogP contribution >= 0.6 is 0 Å². The molecule has 0 heterocycles. The standard InChI is InChI=1S/C11H15FO/c1-8-5-6-10(7-9(8)2)13-11(3,4)12/h5-7H,1-4H3. The van der Waals surface area contributed by atoms with Gasteiger partial charge in [-0.25, -0.2) is 0 Å². The number of hydrogen-bond donors (Lipinski definition) is 0. The van der Waals surface area contributed by atoms with Crippen molar-refractivity contribution in [3.8, 4) is 5.75 Å². The highest BCUT2D eigenvalue weighted by Crippen LogP contribution is 2.21. The molecular formula is C11H15FO. The molecule has 1 rings (SSSR count). The number of aryl methyl sites for hydroxylation is 2. The fraction of sp³-hybridized carbons (Fsp3) is 0.455. The Morgan fingerprint density at radius 3 is 2.23 bits per heavy atom. The topological polar surface area (TPSA) is 9.23 Å². The van der Waals surface area contributed by atoms with E-state index in [-0.39, 0.29) is 0 Å². The molecule has 0 amide bonds. The van der Waals surface area contributed by atoms with E-state index in [0.29, 0.717) is 5.75 Å². The number of hydrogen-bond acceptors (Lipinski definition) is 1. The largest absolute Gasteiger partial charge is 0.459 e. The Morgan fingerprint density at radius 1 is 1.15 bits per heavy atom. The summed E-state index contributed by atoms with van der Waals surface area (Å²) < 4.78 is 18.2. The van der Waals surface area contributed by atoms with E-state index in [4.69, 9.17) is 4.74 Å². The molecule has 0 radical (unpaired) electrons. The Hall–Kier alpha value is -1.05. The van der Waals surface area contributed by atoms with Crippen LogP contribution in [0.2, 0.25) is 0 Å². The van der Waals surface area contributed by atoms with Gasteiger partial charge in [-0.1, -0.05) is 6.07 Å². The van der Waals surface area contributed by atoms with E-state index in [1.165, 1.54) is 19.4 Å². The van der Waals surface area contributed by atoms with Crippen LogP contribution in [0.5, 0.6) is 5.75 Å². The molecule has 72 valence electrons. The average Bonchev–Trinajstić information content (AvgIpc) is 1.94. The van der Waals surface area contributed by atoms with E-state index in [9.17, 15) is 4.39 Å². The molecule has 0 saturated heterocycles. The van der Waals surface area contributed by atoms with Gasteiger partial charge in [-0.15, -0.1) is 0 Å². The first-order valence-electron chi connectivity index (χ1n) is 4.34. The second kappa shape index (κ2) is 3.36. The van der Waals surface area contributed by atoms with Crippen molar-refractivity contribution >= 4 is 0 Å². The summed E-state index contributed by atoms with van der Waals surface area (Å²) in [4.78, 5) is 0. The Bertz CT molecular complexity index is 299. The van der Waals surface area contributed by atoms with Gasteiger partial charge in [-0.3, -0.25) is 0 Å². The molecule has 0 aliphatic heterocycles. The van der Waals surface area contributed by atoms with Crippen LogP contribution in [0.1, 0.15) is 25.0 Å². The molecule has 0 aliphatic carbocycles. The van der Waals surface area contributed by atoms with E-state index in [1.54, 1.807) is 6.07 Å². The van der Waals surface area contributed by atoms with Gasteiger partial charge in [0.15, 0.2) is 0 Å². The van der Waals surface area contributed by atoms with Gasteiger partial charge in [0.25, 0.3) is 0 Å². The van der Waals surface area contributed by atoms with Crippen LogP contribution in [0.4, 0.5) is 4.39 Å². The maximum Gasteiger partial charge on any atom is 0.242 e. The zero-order valence-electron chi connectivity index (χ0n) is 8.52. The lowest BCUT2D eigenvalue weighted by Crippen LogP contribution is -2.21. The molecule has 0 spiro atoms. The van der Waals surface area contributed by atoms with Crippen LogP contribution in [-0.4, -0.2) is 5.85 Å². The van der Waals surface area contributed by atoms with Crippen molar-refractivity contribution in [1.29, 1.82) is 0 Å². The highest BCUT2D eigenvalue weighted by molar-refractivity contribution is 5.33. The van der Waals surface area contributed by atoms with Crippen molar-refractivity contribution in [2.45, 2.75) is 33.5 Å². The molecule has 1 nitrogen and oxygen atoms in total. The number of rotatable bonds is 2. The van der Waals surface area contributed by atoms with Gasteiger partial charge in [0.2, 0.25) is 5.85 Å². The molecule has 13 heavy (non-hydrogen) atoms. The summed E-state index contributed by atoms with van der Waals surface area (Å²) in [5.41, 5.74) is 2.30. The zero-order chi connectivity index (χ0) is 10.1. The minimum atomic E-state index is -1.61. The molecule has 1 aromatic rings. The normalized spacial score (nSPS) is 11.5. The number of ether oxygens (including phenoxy) is 1. The van der Waals surface area contributed by atoms with Crippen molar-refractivity contribution in [2.75, 3.05) is 0 Å². The van der Waals surface area contributed by atoms with E-state index in [0.717, 1.165) is 5.56 Å². The fourth-order valence-corrected chi connectivity index (χ4v) is 1.06. The number of benzene rings is 1. The van der Waals surface area contributed by atoms with Gasteiger partial charge in [0.1, 0.15) is 5.75 Å². The van der Waals surface area contributed by atoms with Gasteiger partial charge < -0.3 is 4.74 Å². The quantitative estimate of drug-likeness (QED) is 0.681. The summed E-state index contributed by atoms with van der Waals surface area (Å²) in [6, 6.07) is 5.55. The fourth-order valence-electron chi connectivity index (χ4n) is 1.06. The zero-order valence-corrected chi connectivity index (χ0v) is 8.52.